The Labute approximate surface area is 204 Å². The third-order valence-corrected chi connectivity index (χ3v) is 6.79. The van der Waals surface area contributed by atoms with E-state index in [1.165, 1.54) is 0 Å². The fraction of sp³-hybridized carbons (Fsp3) is 0.429. The lowest BCUT2D eigenvalue weighted by atomic mass is 9.82. The highest BCUT2D eigenvalue weighted by Crippen LogP contribution is 2.38. The van der Waals surface area contributed by atoms with Gasteiger partial charge in [-0.05, 0) is 50.0 Å². The molecule has 1 fully saturated rings. The van der Waals surface area contributed by atoms with Gasteiger partial charge in [0, 0.05) is 28.9 Å². The summed E-state index contributed by atoms with van der Waals surface area (Å²) in [6.45, 7) is 3.01. The second-order valence-electron chi connectivity index (χ2n) is 9.37. The van der Waals surface area contributed by atoms with E-state index in [-0.39, 0.29) is 12.2 Å². The summed E-state index contributed by atoms with van der Waals surface area (Å²) in [7, 11) is 0. The Bertz CT molecular complexity index is 1140. The molecular formula is C28H32F2N2O3. The van der Waals surface area contributed by atoms with Crippen molar-refractivity contribution in [3.63, 3.8) is 0 Å². The monoisotopic (exact) mass is 482 g/mol. The molecule has 1 aliphatic rings. The van der Waals surface area contributed by atoms with Crippen molar-refractivity contribution in [2.24, 2.45) is 11.8 Å². The number of benzene rings is 2. The fourth-order valence-corrected chi connectivity index (χ4v) is 5.05. The standard InChI is InChI=1S/C28H32F2N2O3/c1-2-7-24-26(22-10-6-11-23(29)27(22)30)28(21-8-4-3-5-9-21)31-32(24)16-19-12-14-20(15-13-19)17-35-18-25(33)34/h3-6,8-11,19-20H,2,7,12-18H2,1H3,(H,33,34)/t19-,20+. The van der Waals surface area contributed by atoms with Gasteiger partial charge >= 0.3 is 5.97 Å². The number of hydrogen-bond donors (Lipinski definition) is 1. The van der Waals surface area contributed by atoms with Gasteiger partial charge in [0.2, 0.25) is 0 Å². The zero-order valence-corrected chi connectivity index (χ0v) is 20.1. The summed E-state index contributed by atoms with van der Waals surface area (Å²) in [4.78, 5) is 10.7. The number of nitrogens with zero attached hydrogens (tertiary/aromatic N) is 2. The minimum atomic E-state index is -0.944. The first kappa shape index (κ1) is 25.0. The molecule has 1 aromatic heterocycles. The van der Waals surface area contributed by atoms with Crippen molar-refractivity contribution >= 4 is 5.97 Å². The number of carboxylic acids is 1. The Kier molecular flexibility index (Phi) is 8.29. The van der Waals surface area contributed by atoms with Gasteiger partial charge in [-0.15, -0.1) is 0 Å². The normalized spacial score (nSPS) is 18.0. The number of rotatable bonds is 10. The first-order valence-electron chi connectivity index (χ1n) is 12.4. The number of aliphatic carboxylic acids is 1. The van der Waals surface area contributed by atoms with E-state index in [4.69, 9.17) is 14.9 Å². The van der Waals surface area contributed by atoms with Crippen molar-refractivity contribution in [1.29, 1.82) is 0 Å². The second kappa shape index (κ2) is 11.6. The predicted molar refractivity (Wildman–Crippen MR) is 131 cm³/mol. The molecule has 186 valence electrons. The third-order valence-electron chi connectivity index (χ3n) is 6.79. The molecule has 1 saturated carbocycles. The maximum Gasteiger partial charge on any atom is 0.329 e. The summed E-state index contributed by atoms with van der Waals surface area (Å²) in [6, 6.07) is 14.0. The van der Waals surface area contributed by atoms with Crippen LogP contribution in [0.15, 0.2) is 48.5 Å². The van der Waals surface area contributed by atoms with Gasteiger partial charge < -0.3 is 9.84 Å². The van der Waals surface area contributed by atoms with E-state index in [1.807, 2.05) is 35.0 Å². The van der Waals surface area contributed by atoms with Crippen LogP contribution >= 0.6 is 0 Å². The number of hydrogen-bond acceptors (Lipinski definition) is 3. The summed E-state index contributed by atoms with van der Waals surface area (Å²) in [6.07, 6.45) is 5.52. The molecule has 5 nitrogen and oxygen atoms in total. The van der Waals surface area contributed by atoms with Crippen LogP contribution in [0.2, 0.25) is 0 Å². The van der Waals surface area contributed by atoms with Crippen molar-refractivity contribution in [1.82, 2.24) is 9.78 Å². The van der Waals surface area contributed by atoms with Crippen LogP contribution in [0.25, 0.3) is 22.4 Å². The van der Waals surface area contributed by atoms with E-state index in [1.54, 1.807) is 12.1 Å². The van der Waals surface area contributed by atoms with Crippen molar-refractivity contribution in [3.8, 4) is 22.4 Å². The van der Waals surface area contributed by atoms with Gasteiger partial charge in [-0.3, -0.25) is 4.68 Å². The van der Waals surface area contributed by atoms with E-state index < -0.39 is 17.6 Å². The molecule has 35 heavy (non-hydrogen) atoms. The highest BCUT2D eigenvalue weighted by Gasteiger charge is 2.27. The number of carboxylic acid groups (broad SMARTS) is 1. The zero-order valence-electron chi connectivity index (χ0n) is 20.1. The van der Waals surface area contributed by atoms with Crippen molar-refractivity contribution in [2.45, 2.75) is 52.0 Å². The topological polar surface area (TPSA) is 64.4 Å². The van der Waals surface area contributed by atoms with Crippen molar-refractivity contribution in [2.75, 3.05) is 13.2 Å². The van der Waals surface area contributed by atoms with E-state index in [0.29, 0.717) is 36.1 Å². The lowest BCUT2D eigenvalue weighted by Crippen LogP contribution is -2.23. The smallest absolute Gasteiger partial charge is 0.329 e. The minimum absolute atomic E-state index is 0.248. The maximum absolute atomic E-state index is 15.0. The average molecular weight is 483 g/mol. The second-order valence-corrected chi connectivity index (χ2v) is 9.37. The molecule has 0 radical (unpaired) electrons. The summed E-state index contributed by atoms with van der Waals surface area (Å²) >= 11 is 0. The molecule has 3 aromatic rings. The summed E-state index contributed by atoms with van der Waals surface area (Å²) in [5.74, 6) is -1.87. The summed E-state index contributed by atoms with van der Waals surface area (Å²) < 4.78 is 36.5. The highest BCUT2D eigenvalue weighted by molar-refractivity contribution is 5.83. The largest absolute Gasteiger partial charge is 0.480 e. The van der Waals surface area contributed by atoms with E-state index in [9.17, 15) is 9.18 Å². The van der Waals surface area contributed by atoms with Gasteiger partial charge in [0.05, 0.1) is 6.61 Å². The number of halogens is 2. The molecule has 1 heterocycles. The third kappa shape index (κ3) is 5.96. The van der Waals surface area contributed by atoms with E-state index in [0.717, 1.165) is 56.0 Å². The van der Waals surface area contributed by atoms with Gasteiger partial charge in [0.15, 0.2) is 11.6 Å². The highest BCUT2D eigenvalue weighted by atomic mass is 19.2. The Morgan fingerprint density at radius 1 is 1.06 bits per heavy atom. The zero-order chi connectivity index (χ0) is 24.8. The average Bonchev–Trinajstić information content (AvgIpc) is 3.20. The molecule has 0 bridgehead atoms. The molecule has 4 rings (SSSR count). The Hall–Kier alpha value is -3.06. The first-order valence-corrected chi connectivity index (χ1v) is 12.4. The van der Waals surface area contributed by atoms with E-state index >= 15 is 4.39 Å². The molecule has 2 aromatic carbocycles. The predicted octanol–water partition coefficient (Wildman–Crippen LogP) is 6.36. The molecule has 1 aliphatic carbocycles. The number of ether oxygens (including phenoxy) is 1. The molecule has 0 aliphatic heterocycles. The van der Waals surface area contributed by atoms with Gasteiger partial charge in [-0.25, -0.2) is 13.6 Å². The minimum Gasteiger partial charge on any atom is -0.480 e. The molecule has 0 saturated heterocycles. The van der Waals surface area contributed by atoms with Crippen molar-refractivity contribution in [3.05, 3.63) is 65.9 Å². The molecule has 7 heteroatoms. The number of carbonyl (C=O) groups is 1. The number of aromatic nitrogens is 2. The molecule has 0 amide bonds. The van der Waals surface area contributed by atoms with Gasteiger partial charge in [0.1, 0.15) is 12.3 Å². The van der Waals surface area contributed by atoms with Crippen LogP contribution in [0.4, 0.5) is 8.78 Å². The molecule has 0 atom stereocenters. The van der Waals surface area contributed by atoms with Crippen molar-refractivity contribution < 1.29 is 23.4 Å². The Balaban J connectivity index is 1.62. The summed E-state index contributed by atoms with van der Waals surface area (Å²) in [5.41, 5.74) is 3.40. The first-order chi connectivity index (χ1) is 17.0. The molecular weight excluding hydrogens is 450 g/mol. The van der Waals surface area contributed by atoms with Crippen LogP contribution in [0.3, 0.4) is 0 Å². The fourth-order valence-electron chi connectivity index (χ4n) is 5.05. The SMILES string of the molecule is CCCc1c(-c2cccc(F)c2F)c(-c2ccccc2)nn1C[C@H]1CC[C@@H](COCC(=O)O)CC1. The summed E-state index contributed by atoms with van der Waals surface area (Å²) in [5, 5.41) is 13.7. The Morgan fingerprint density at radius 2 is 1.77 bits per heavy atom. The quantitative estimate of drug-likeness (QED) is 0.365. The Morgan fingerprint density at radius 3 is 2.46 bits per heavy atom. The molecule has 0 spiro atoms. The van der Waals surface area contributed by atoms with Crippen LogP contribution in [-0.2, 0) is 22.5 Å². The van der Waals surface area contributed by atoms with Gasteiger partial charge in [-0.2, -0.15) is 5.10 Å². The van der Waals surface area contributed by atoms with Crippen LogP contribution < -0.4 is 0 Å². The van der Waals surface area contributed by atoms with Gasteiger partial charge in [0.25, 0.3) is 0 Å². The van der Waals surface area contributed by atoms with Crippen LogP contribution in [-0.4, -0.2) is 34.1 Å². The van der Waals surface area contributed by atoms with E-state index in [2.05, 4.69) is 6.92 Å². The maximum atomic E-state index is 15.0. The van der Waals surface area contributed by atoms with Crippen LogP contribution in [0.5, 0.6) is 0 Å². The van der Waals surface area contributed by atoms with Crippen LogP contribution in [0, 0.1) is 23.5 Å². The van der Waals surface area contributed by atoms with Crippen LogP contribution in [0.1, 0.15) is 44.7 Å². The molecule has 1 N–H and O–H groups in total. The lowest BCUT2D eigenvalue weighted by Gasteiger charge is -2.28. The lowest BCUT2D eigenvalue weighted by molar-refractivity contribution is -0.142. The van der Waals surface area contributed by atoms with Gasteiger partial charge in [-0.1, -0.05) is 55.8 Å². The molecule has 0 unspecified atom stereocenters.